The SMILES string of the molecule is NC(Cc1ccc(Oc2ccc(/C=C3/OC(=O)NC3=O)cc2)c(C(F)(F)F)c1)C(=O)O. The molecule has 162 valence electrons. The van der Waals surface area contributed by atoms with Crippen molar-refractivity contribution in [1.29, 1.82) is 0 Å². The molecule has 0 aliphatic carbocycles. The van der Waals surface area contributed by atoms with Gasteiger partial charge in [-0.25, -0.2) is 4.79 Å². The Kier molecular flexibility index (Phi) is 5.97. The molecule has 8 nitrogen and oxygen atoms in total. The number of hydrogen-bond acceptors (Lipinski definition) is 6. The first kappa shape index (κ1) is 21.8. The Morgan fingerprint density at radius 3 is 2.42 bits per heavy atom. The second kappa shape index (κ2) is 8.48. The van der Waals surface area contributed by atoms with Crippen LogP contribution in [0.25, 0.3) is 6.08 Å². The number of alkyl halides is 3. The van der Waals surface area contributed by atoms with E-state index in [1.807, 2.05) is 5.32 Å². The van der Waals surface area contributed by atoms with Crippen LogP contribution in [-0.4, -0.2) is 29.1 Å². The lowest BCUT2D eigenvalue weighted by atomic mass is 10.0. The van der Waals surface area contributed by atoms with Gasteiger partial charge >= 0.3 is 18.2 Å². The number of nitrogens with two attached hydrogens (primary N) is 1. The van der Waals surface area contributed by atoms with E-state index in [0.717, 1.165) is 12.1 Å². The van der Waals surface area contributed by atoms with Gasteiger partial charge in [0.2, 0.25) is 0 Å². The summed E-state index contributed by atoms with van der Waals surface area (Å²) in [4.78, 5) is 33.3. The summed E-state index contributed by atoms with van der Waals surface area (Å²) in [7, 11) is 0. The number of carboxylic acids is 1. The van der Waals surface area contributed by atoms with Crippen molar-refractivity contribution in [2.24, 2.45) is 5.73 Å². The Bertz CT molecular complexity index is 1060. The van der Waals surface area contributed by atoms with Crippen LogP contribution in [0.15, 0.2) is 48.2 Å². The molecule has 1 unspecified atom stereocenters. The first-order valence-corrected chi connectivity index (χ1v) is 8.74. The van der Waals surface area contributed by atoms with Gasteiger partial charge in [-0.1, -0.05) is 18.2 Å². The largest absolute Gasteiger partial charge is 0.480 e. The normalized spacial score (nSPS) is 16.1. The smallest absolute Gasteiger partial charge is 0.419 e. The minimum absolute atomic E-state index is 0.0792. The quantitative estimate of drug-likeness (QED) is 0.594. The molecule has 31 heavy (non-hydrogen) atoms. The Morgan fingerprint density at radius 2 is 1.87 bits per heavy atom. The maximum Gasteiger partial charge on any atom is 0.419 e. The third-order valence-corrected chi connectivity index (χ3v) is 4.17. The number of ether oxygens (including phenoxy) is 2. The first-order valence-electron chi connectivity index (χ1n) is 8.74. The molecule has 11 heteroatoms. The van der Waals surface area contributed by atoms with Gasteiger partial charge in [0.1, 0.15) is 17.5 Å². The summed E-state index contributed by atoms with van der Waals surface area (Å²) in [6.07, 6.45) is -4.64. The van der Waals surface area contributed by atoms with Crippen molar-refractivity contribution in [3.8, 4) is 11.5 Å². The number of carbonyl (C=O) groups is 3. The van der Waals surface area contributed by atoms with Crippen LogP contribution in [-0.2, 0) is 26.9 Å². The van der Waals surface area contributed by atoms with Crippen LogP contribution in [0.3, 0.4) is 0 Å². The topological polar surface area (TPSA) is 128 Å². The molecular formula is C20H15F3N2O6. The molecular weight excluding hydrogens is 421 g/mol. The molecule has 1 heterocycles. The van der Waals surface area contributed by atoms with Crippen molar-refractivity contribution < 1.29 is 42.1 Å². The summed E-state index contributed by atoms with van der Waals surface area (Å²) in [5.74, 6) is -2.64. The summed E-state index contributed by atoms with van der Waals surface area (Å²) in [6.45, 7) is 0. The molecule has 2 aromatic carbocycles. The van der Waals surface area contributed by atoms with E-state index in [2.05, 4.69) is 4.74 Å². The van der Waals surface area contributed by atoms with Crippen LogP contribution in [0, 0.1) is 0 Å². The van der Waals surface area contributed by atoms with Gasteiger partial charge < -0.3 is 20.3 Å². The Hall–Kier alpha value is -3.86. The maximum atomic E-state index is 13.5. The van der Waals surface area contributed by atoms with Crippen molar-refractivity contribution in [3.05, 3.63) is 64.9 Å². The number of amides is 2. The van der Waals surface area contributed by atoms with Crippen LogP contribution in [0.4, 0.5) is 18.0 Å². The van der Waals surface area contributed by atoms with E-state index in [9.17, 15) is 27.6 Å². The summed E-state index contributed by atoms with van der Waals surface area (Å²) in [5.41, 5.74) is 4.85. The lowest BCUT2D eigenvalue weighted by Crippen LogP contribution is -2.32. The van der Waals surface area contributed by atoms with E-state index in [1.54, 1.807) is 0 Å². The molecule has 1 aliphatic heterocycles. The van der Waals surface area contributed by atoms with Crippen molar-refractivity contribution >= 4 is 24.0 Å². The fourth-order valence-electron chi connectivity index (χ4n) is 2.69. The second-order valence-corrected chi connectivity index (χ2v) is 6.50. The molecule has 0 radical (unpaired) electrons. The van der Waals surface area contributed by atoms with Crippen LogP contribution < -0.4 is 15.8 Å². The number of rotatable bonds is 6. The Labute approximate surface area is 173 Å². The number of nitrogens with one attached hydrogen (secondary N) is 1. The minimum atomic E-state index is -4.75. The van der Waals surface area contributed by atoms with E-state index in [-0.39, 0.29) is 23.5 Å². The fraction of sp³-hybridized carbons (Fsp3) is 0.150. The molecule has 1 atom stereocenters. The van der Waals surface area contributed by atoms with Crippen LogP contribution in [0.5, 0.6) is 11.5 Å². The fourth-order valence-corrected chi connectivity index (χ4v) is 2.69. The lowest BCUT2D eigenvalue weighted by Gasteiger charge is -2.16. The molecule has 4 N–H and O–H groups in total. The number of carboxylic acid groups (broad SMARTS) is 1. The lowest BCUT2D eigenvalue weighted by molar-refractivity contribution is -0.139. The summed E-state index contributed by atoms with van der Waals surface area (Å²) < 4.78 is 50.4. The minimum Gasteiger partial charge on any atom is -0.480 e. The highest BCUT2D eigenvalue weighted by atomic mass is 19.4. The number of benzene rings is 2. The van der Waals surface area contributed by atoms with E-state index in [0.29, 0.717) is 5.56 Å². The summed E-state index contributed by atoms with van der Waals surface area (Å²) in [6, 6.07) is 7.50. The molecule has 0 spiro atoms. The molecule has 2 amide bonds. The van der Waals surface area contributed by atoms with Crippen molar-refractivity contribution in [2.45, 2.75) is 18.6 Å². The zero-order chi connectivity index (χ0) is 22.8. The van der Waals surface area contributed by atoms with Gasteiger partial charge in [0.05, 0.1) is 5.56 Å². The highest BCUT2D eigenvalue weighted by Crippen LogP contribution is 2.39. The number of alkyl carbamates (subject to hydrolysis) is 1. The number of halogens is 3. The van der Waals surface area contributed by atoms with Gasteiger partial charge in [-0.3, -0.25) is 14.9 Å². The average molecular weight is 436 g/mol. The average Bonchev–Trinajstić information content (AvgIpc) is 3.00. The monoisotopic (exact) mass is 436 g/mol. The number of hydrogen-bond donors (Lipinski definition) is 3. The number of aliphatic carboxylic acids is 1. The second-order valence-electron chi connectivity index (χ2n) is 6.50. The molecule has 1 fully saturated rings. The first-order chi connectivity index (χ1) is 14.5. The molecule has 0 saturated carbocycles. The highest BCUT2D eigenvalue weighted by Gasteiger charge is 2.35. The van der Waals surface area contributed by atoms with E-state index in [1.165, 1.54) is 36.4 Å². The maximum absolute atomic E-state index is 13.5. The van der Waals surface area contributed by atoms with E-state index < -0.39 is 41.5 Å². The van der Waals surface area contributed by atoms with Crippen LogP contribution in [0.2, 0.25) is 0 Å². The predicted octanol–water partition coefficient (Wildman–Crippen LogP) is 3.06. The van der Waals surface area contributed by atoms with Crippen LogP contribution >= 0.6 is 0 Å². The summed E-state index contributed by atoms with van der Waals surface area (Å²) in [5, 5.41) is 10.8. The van der Waals surface area contributed by atoms with Crippen LogP contribution in [0.1, 0.15) is 16.7 Å². The molecule has 0 aromatic heterocycles. The zero-order valence-electron chi connectivity index (χ0n) is 15.6. The van der Waals surface area contributed by atoms with E-state index in [4.69, 9.17) is 15.6 Å². The number of imide groups is 1. The standard InChI is InChI=1S/C20H15F3N2O6/c21-20(22,23)13-7-11(8-14(24)18(27)28)3-6-15(13)30-12-4-1-10(2-5-12)9-16-17(26)25-19(29)31-16/h1-7,9,14H,8,24H2,(H,27,28)(H,25,26,29)/b16-9+. The third-order valence-electron chi connectivity index (χ3n) is 4.17. The van der Waals surface area contributed by atoms with Gasteiger partial charge in [0, 0.05) is 0 Å². The van der Waals surface area contributed by atoms with Crippen molar-refractivity contribution in [1.82, 2.24) is 5.32 Å². The van der Waals surface area contributed by atoms with Gasteiger partial charge in [0.15, 0.2) is 5.76 Å². The van der Waals surface area contributed by atoms with E-state index >= 15 is 0 Å². The molecule has 1 aliphatic rings. The Balaban J connectivity index is 1.81. The molecule has 3 rings (SSSR count). The molecule has 0 bridgehead atoms. The van der Waals surface area contributed by atoms with Gasteiger partial charge in [0.25, 0.3) is 5.91 Å². The summed E-state index contributed by atoms with van der Waals surface area (Å²) >= 11 is 0. The molecule has 1 saturated heterocycles. The Morgan fingerprint density at radius 1 is 1.19 bits per heavy atom. The number of cyclic esters (lactones) is 1. The van der Waals surface area contributed by atoms with Crippen molar-refractivity contribution in [3.63, 3.8) is 0 Å². The predicted molar refractivity (Wildman–Crippen MR) is 99.9 cm³/mol. The number of carbonyl (C=O) groups excluding carboxylic acids is 2. The van der Waals surface area contributed by atoms with Gasteiger partial charge in [-0.05, 0) is 47.9 Å². The zero-order valence-corrected chi connectivity index (χ0v) is 15.6. The highest BCUT2D eigenvalue weighted by molar-refractivity contribution is 6.09. The van der Waals surface area contributed by atoms with Gasteiger partial charge in [-0.2, -0.15) is 13.2 Å². The third kappa shape index (κ3) is 5.39. The van der Waals surface area contributed by atoms with Crippen molar-refractivity contribution in [2.75, 3.05) is 0 Å². The molecule has 2 aromatic rings. The van der Waals surface area contributed by atoms with Gasteiger partial charge in [-0.15, -0.1) is 0 Å².